The zero-order valence-electron chi connectivity index (χ0n) is 17.4. The standard InChI is InChI=1S/C23H33IO3/c1-21(2)15-12-16(21)23(5)17(13-15)26-22(3,4)27-20(23)18(24)19(25-6)14-10-8-7-9-11-14/h7-11,15-20H,12-13H2,1-6H3/t15-,16-,17+,18-,19-,20+,23-/m1/s1. The third-order valence-electron chi connectivity index (χ3n) is 7.82. The van der Waals surface area contributed by atoms with Crippen LogP contribution in [0.1, 0.15) is 59.1 Å². The highest BCUT2D eigenvalue weighted by molar-refractivity contribution is 14.1. The fraction of sp³-hybridized carbons (Fsp3) is 0.739. The molecule has 1 aliphatic heterocycles. The van der Waals surface area contributed by atoms with Gasteiger partial charge in [-0.1, -0.05) is 73.7 Å². The number of ether oxygens (including phenoxy) is 3. The first-order valence-corrected chi connectivity index (χ1v) is 11.4. The molecule has 1 heterocycles. The third kappa shape index (κ3) is 3.01. The molecule has 0 spiro atoms. The highest BCUT2D eigenvalue weighted by Crippen LogP contribution is 2.70. The maximum absolute atomic E-state index is 6.69. The van der Waals surface area contributed by atoms with Crippen molar-refractivity contribution in [3.05, 3.63) is 35.9 Å². The summed E-state index contributed by atoms with van der Waals surface area (Å²) in [5.74, 6) is 0.844. The van der Waals surface area contributed by atoms with Gasteiger partial charge in [0.25, 0.3) is 0 Å². The first-order chi connectivity index (χ1) is 12.6. The summed E-state index contributed by atoms with van der Waals surface area (Å²) in [6.07, 6.45) is 2.80. The fourth-order valence-electron chi connectivity index (χ4n) is 6.23. The Hall–Kier alpha value is -0.170. The van der Waals surface area contributed by atoms with Gasteiger partial charge < -0.3 is 14.2 Å². The first-order valence-electron chi connectivity index (χ1n) is 10.2. The SMILES string of the molecule is CO[C@H](c1ccccc1)[C@@H](I)[C@@H]1OC(C)(C)O[C@H]2C[C@H]3C[C@H](C3(C)C)[C@]21C. The maximum Gasteiger partial charge on any atom is 0.163 e. The number of halogens is 1. The lowest BCUT2D eigenvalue weighted by Gasteiger charge is -2.71. The number of alkyl halides is 1. The lowest BCUT2D eigenvalue weighted by Crippen LogP contribution is -2.72. The molecule has 1 saturated heterocycles. The van der Waals surface area contributed by atoms with E-state index in [0.29, 0.717) is 11.3 Å². The lowest BCUT2D eigenvalue weighted by molar-refractivity contribution is -0.393. The Morgan fingerprint density at radius 2 is 1.70 bits per heavy atom. The van der Waals surface area contributed by atoms with Gasteiger partial charge >= 0.3 is 0 Å². The second kappa shape index (κ2) is 6.68. The van der Waals surface area contributed by atoms with Gasteiger partial charge in [-0.25, -0.2) is 0 Å². The molecule has 5 rings (SSSR count). The molecule has 4 heteroatoms. The predicted molar refractivity (Wildman–Crippen MR) is 116 cm³/mol. The van der Waals surface area contributed by atoms with E-state index < -0.39 is 5.79 Å². The average Bonchev–Trinajstić information content (AvgIpc) is 2.61. The van der Waals surface area contributed by atoms with E-state index in [2.05, 4.69) is 87.5 Å². The van der Waals surface area contributed by atoms with Crippen molar-refractivity contribution in [1.82, 2.24) is 0 Å². The zero-order valence-corrected chi connectivity index (χ0v) is 19.5. The number of benzene rings is 1. The van der Waals surface area contributed by atoms with Gasteiger partial charge in [-0.2, -0.15) is 0 Å². The second-order valence-corrected chi connectivity index (χ2v) is 11.4. The van der Waals surface area contributed by atoms with Crippen molar-refractivity contribution in [1.29, 1.82) is 0 Å². The highest BCUT2D eigenvalue weighted by atomic mass is 127. The molecule has 150 valence electrons. The molecule has 1 aromatic rings. The van der Waals surface area contributed by atoms with Crippen LogP contribution in [0.5, 0.6) is 0 Å². The fourth-order valence-corrected chi connectivity index (χ4v) is 7.86. The minimum absolute atomic E-state index is 0.00378. The van der Waals surface area contributed by atoms with E-state index in [0.717, 1.165) is 12.3 Å². The van der Waals surface area contributed by atoms with E-state index in [1.807, 2.05) is 7.11 Å². The average molecular weight is 484 g/mol. The Labute approximate surface area is 177 Å². The van der Waals surface area contributed by atoms with Gasteiger partial charge in [-0.15, -0.1) is 0 Å². The topological polar surface area (TPSA) is 27.7 Å². The molecule has 0 radical (unpaired) electrons. The van der Waals surface area contributed by atoms with E-state index in [1.54, 1.807) is 0 Å². The van der Waals surface area contributed by atoms with Gasteiger partial charge in [-0.05, 0) is 49.5 Å². The lowest BCUT2D eigenvalue weighted by atomic mass is 9.39. The Morgan fingerprint density at radius 3 is 2.30 bits per heavy atom. The third-order valence-corrected chi connectivity index (χ3v) is 9.13. The molecule has 0 unspecified atom stereocenters. The van der Waals surface area contributed by atoms with Gasteiger partial charge in [0.2, 0.25) is 0 Å². The number of hydrogen-bond acceptors (Lipinski definition) is 3. The summed E-state index contributed by atoms with van der Waals surface area (Å²) in [6.45, 7) is 11.4. The molecule has 4 aliphatic rings. The first kappa shape index (κ1) is 20.1. The minimum atomic E-state index is -0.554. The summed E-state index contributed by atoms with van der Waals surface area (Å²) >= 11 is 2.58. The van der Waals surface area contributed by atoms with Crippen LogP contribution in [0.3, 0.4) is 0 Å². The summed E-state index contributed by atoms with van der Waals surface area (Å²) in [4.78, 5) is 0. The molecule has 2 bridgehead atoms. The van der Waals surface area contributed by atoms with Crippen LogP contribution in [0.25, 0.3) is 0 Å². The molecule has 3 aliphatic carbocycles. The van der Waals surface area contributed by atoms with Crippen LogP contribution >= 0.6 is 22.6 Å². The Morgan fingerprint density at radius 1 is 1.04 bits per heavy atom. The van der Waals surface area contributed by atoms with Crippen molar-refractivity contribution in [2.24, 2.45) is 22.7 Å². The molecule has 7 atom stereocenters. The summed E-state index contributed by atoms with van der Waals surface area (Å²) in [7, 11) is 1.82. The Bertz CT molecular complexity index is 688. The van der Waals surface area contributed by atoms with E-state index in [-0.39, 0.29) is 27.7 Å². The number of methoxy groups -OCH3 is 1. The van der Waals surface area contributed by atoms with Crippen LogP contribution in [0, 0.1) is 22.7 Å². The molecule has 3 saturated carbocycles. The van der Waals surface area contributed by atoms with Crippen molar-refractivity contribution < 1.29 is 14.2 Å². The molecule has 1 aromatic carbocycles. The van der Waals surface area contributed by atoms with Crippen molar-refractivity contribution in [2.75, 3.05) is 7.11 Å². The Kier molecular flexibility index (Phi) is 4.98. The number of rotatable bonds is 4. The van der Waals surface area contributed by atoms with Crippen LogP contribution in [0.15, 0.2) is 30.3 Å². The molecule has 0 N–H and O–H groups in total. The smallest absolute Gasteiger partial charge is 0.163 e. The highest BCUT2D eigenvalue weighted by Gasteiger charge is 2.69. The van der Waals surface area contributed by atoms with Crippen molar-refractivity contribution in [2.45, 2.75) is 75.5 Å². The summed E-state index contributed by atoms with van der Waals surface area (Å²) in [5, 5.41) is 0. The van der Waals surface area contributed by atoms with Crippen molar-refractivity contribution >= 4 is 22.6 Å². The van der Waals surface area contributed by atoms with Crippen LogP contribution in [0.4, 0.5) is 0 Å². The molecule has 4 fully saturated rings. The molecule has 27 heavy (non-hydrogen) atoms. The maximum atomic E-state index is 6.69. The van der Waals surface area contributed by atoms with Gasteiger partial charge in [-0.3, -0.25) is 0 Å². The normalized spacial score (nSPS) is 41.1. The Balaban J connectivity index is 1.72. The molecule has 0 aromatic heterocycles. The molecular formula is C23H33IO3. The monoisotopic (exact) mass is 484 g/mol. The summed E-state index contributed by atoms with van der Waals surface area (Å²) in [6, 6.07) is 10.6. The van der Waals surface area contributed by atoms with E-state index in [9.17, 15) is 0 Å². The molecule has 3 nitrogen and oxygen atoms in total. The van der Waals surface area contributed by atoms with E-state index in [4.69, 9.17) is 14.2 Å². The number of hydrogen-bond donors (Lipinski definition) is 0. The van der Waals surface area contributed by atoms with Crippen LogP contribution in [-0.2, 0) is 14.2 Å². The summed E-state index contributed by atoms with van der Waals surface area (Å²) < 4.78 is 19.4. The largest absolute Gasteiger partial charge is 0.376 e. The van der Waals surface area contributed by atoms with Crippen molar-refractivity contribution in [3.63, 3.8) is 0 Å². The summed E-state index contributed by atoms with van der Waals surface area (Å²) in [5.41, 5.74) is 1.59. The van der Waals surface area contributed by atoms with Gasteiger partial charge in [0.05, 0.1) is 22.2 Å². The molecule has 0 amide bonds. The second-order valence-electron chi connectivity index (χ2n) is 9.96. The van der Waals surface area contributed by atoms with Gasteiger partial charge in [0.1, 0.15) is 0 Å². The zero-order chi connectivity index (χ0) is 19.6. The van der Waals surface area contributed by atoms with E-state index >= 15 is 0 Å². The van der Waals surface area contributed by atoms with Crippen LogP contribution in [-0.4, -0.2) is 29.0 Å². The van der Waals surface area contributed by atoms with Crippen LogP contribution in [0.2, 0.25) is 0 Å². The quantitative estimate of drug-likeness (QED) is 0.401. The van der Waals surface area contributed by atoms with Gasteiger partial charge in [0.15, 0.2) is 5.79 Å². The van der Waals surface area contributed by atoms with Crippen molar-refractivity contribution in [3.8, 4) is 0 Å². The van der Waals surface area contributed by atoms with Crippen LogP contribution < -0.4 is 0 Å². The predicted octanol–water partition coefficient (Wildman–Crippen LogP) is 5.77. The van der Waals surface area contributed by atoms with E-state index in [1.165, 1.54) is 12.0 Å². The molecular weight excluding hydrogens is 451 g/mol. The minimum Gasteiger partial charge on any atom is -0.376 e. The van der Waals surface area contributed by atoms with Gasteiger partial charge in [0, 0.05) is 12.5 Å².